The van der Waals surface area contributed by atoms with Crippen LogP contribution in [0.4, 0.5) is 5.82 Å². The number of piperidine rings is 2. The molecule has 32 heavy (non-hydrogen) atoms. The van der Waals surface area contributed by atoms with Crippen molar-refractivity contribution >= 4 is 22.5 Å². The van der Waals surface area contributed by atoms with Gasteiger partial charge in [0.1, 0.15) is 5.82 Å². The van der Waals surface area contributed by atoms with Crippen LogP contribution >= 0.6 is 0 Å². The maximum absolute atomic E-state index is 12.6. The van der Waals surface area contributed by atoms with Gasteiger partial charge in [-0.25, -0.2) is 4.98 Å². The molecule has 1 unspecified atom stereocenters. The molecule has 2 N–H and O–H groups in total. The van der Waals surface area contributed by atoms with Crippen LogP contribution in [0, 0.1) is 5.92 Å². The van der Waals surface area contributed by atoms with E-state index < -0.39 is 0 Å². The first kappa shape index (κ1) is 21.1. The van der Waals surface area contributed by atoms with Gasteiger partial charge in [0.2, 0.25) is 5.91 Å². The maximum atomic E-state index is 12.6. The predicted octanol–water partition coefficient (Wildman–Crippen LogP) is 3.56. The Balaban J connectivity index is 1.39. The van der Waals surface area contributed by atoms with Gasteiger partial charge >= 0.3 is 0 Å². The minimum absolute atomic E-state index is 0.0142. The standard InChI is InChI=1S/C25H32N6O/c1-30-23(17-31-10-3-2-4-11-31)22(16-28-30)18-7-8-19-15-27-24(13-21(19)12-18)29-25(32)20-6-5-9-26-14-20/h7-8,12-13,15-16,20,26H,2-6,9-11,14,17H2,1H3,(H,27,29,32). The Kier molecular flexibility index (Phi) is 6.19. The molecule has 0 bridgehead atoms. The molecule has 3 aromatic rings. The van der Waals surface area contributed by atoms with Gasteiger partial charge in [0.15, 0.2) is 0 Å². The number of anilines is 1. The molecule has 1 aromatic carbocycles. The number of nitrogens with one attached hydrogen (secondary N) is 2. The zero-order valence-electron chi connectivity index (χ0n) is 18.8. The molecule has 0 saturated carbocycles. The topological polar surface area (TPSA) is 75.1 Å². The Bertz CT molecular complexity index is 1100. The molecule has 0 radical (unpaired) electrons. The van der Waals surface area contributed by atoms with E-state index in [9.17, 15) is 4.79 Å². The lowest BCUT2D eigenvalue weighted by Gasteiger charge is -2.26. The van der Waals surface area contributed by atoms with Crippen molar-refractivity contribution in [3.63, 3.8) is 0 Å². The van der Waals surface area contributed by atoms with E-state index in [0.717, 1.165) is 61.9 Å². The number of hydrogen-bond donors (Lipinski definition) is 2. The number of pyridine rings is 1. The molecule has 1 amide bonds. The van der Waals surface area contributed by atoms with Gasteiger partial charge in [-0.05, 0) is 68.4 Å². The van der Waals surface area contributed by atoms with Crippen LogP contribution in [0.1, 0.15) is 37.8 Å². The van der Waals surface area contributed by atoms with Gasteiger partial charge in [0.25, 0.3) is 0 Å². The zero-order chi connectivity index (χ0) is 21.9. The number of nitrogens with zero attached hydrogens (tertiary/aromatic N) is 4. The molecule has 4 heterocycles. The van der Waals surface area contributed by atoms with Crippen molar-refractivity contribution in [1.82, 2.24) is 25.0 Å². The van der Waals surface area contributed by atoms with Crippen LogP contribution in [0.2, 0.25) is 0 Å². The smallest absolute Gasteiger partial charge is 0.229 e. The van der Waals surface area contributed by atoms with Crippen LogP contribution < -0.4 is 10.6 Å². The summed E-state index contributed by atoms with van der Waals surface area (Å²) in [6.07, 6.45) is 9.67. The van der Waals surface area contributed by atoms with Crippen LogP contribution in [0.5, 0.6) is 0 Å². The molecule has 2 aliphatic rings. The van der Waals surface area contributed by atoms with E-state index in [-0.39, 0.29) is 11.8 Å². The molecule has 7 nitrogen and oxygen atoms in total. The lowest BCUT2D eigenvalue weighted by molar-refractivity contribution is -0.120. The molecule has 168 valence electrons. The number of likely N-dealkylation sites (tertiary alicyclic amines) is 1. The number of carbonyl (C=O) groups is 1. The van der Waals surface area contributed by atoms with Crippen molar-refractivity contribution in [3.8, 4) is 11.1 Å². The Morgan fingerprint density at radius 3 is 2.81 bits per heavy atom. The van der Waals surface area contributed by atoms with Crippen LogP contribution in [-0.2, 0) is 18.4 Å². The third kappa shape index (κ3) is 4.54. The largest absolute Gasteiger partial charge is 0.316 e. The van der Waals surface area contributed by atoms with Crippen molar-refractivity contribution < 1.29 is 4.79 Å². The number of fused-ring (bicyclic) bond motifs is 1. The van der Waals surface area contributed by atoms with E-state index in [4.69, 9.17) is 0 Å². The average Bonchev–Trinajstić information content (AvgIpc) is 3.19. The summed E-state index contributed by atoms with van der Waals surface area (Å²) in [6, 6.07) is 8.41. The van der Waals surface area contributed by atoms with Crippen LogP contribution in [0.15, 0.2) is 36.7 Å². The van der Waals surface area contributed by atoms with Crippen LogP contribution in [-0.4, -0.2) is 51.8 Å². The highest BCUT2D eigenvalue weighted by atomic mass is 16.2. The monoisotopic (exact) mass is 432 g/mol. The highest BCUT2D eigenvalue weighted by molar-refractivity contribution is 5.95. The highest BCUT2D eigenvalue weighted by Crippen LogP contribution is 2.29. The molecule has 2 fully saturated rings. The Morgan fingerprint density at radius 2 is 2.00 bits per heavy atom. The summed E-state index contributed by atoms with van der Waals surface area (Å²) >= 11 is 0. The van der Waals surface area contributed by atoms with E-state index in [1.54, 1.807) is 0 Å². The Morgan fingerprint density at radius 1 is 1.12 bits per heavy atom. The second kappa shape index (κ2) is 9.38. The van der Waals surface area contributed by atoms with Crippen molar-refractivity contribution in [2.75, 3.05) is 31.5 Å². The summed E-state index contributed by atoms with van der Waals surface area (Å²) in [5.74, 6) is 0.682. The van der Waals surface area contributed by atoms with E-state index >= 15 is 0 Å². The minimum atomic E-state index is 0.0142. The van der Waals surface area contributed by atoms with Gasteiger partial charge in [-0.1, -0.05) is 18.6 Å². The van der Waals surface area contributed by atoms with E-state index in [0.29, 0.717) is 5.82 Å². The third-order valence-corrected chi connectivity index (χ3v) is 6.84. The number of amides is 1. The van der Waals surface area contributed by atoms with E-state index in [2.05, 4.69) is 43.8 Å². The van der Waals surface area contributed by atoms with Gasteiger partial charge in [-0.3, -0.25) is 14.4 Å². The quantitative estimate of drug-likeness (QED) is 0.645. The molecule has 2 aromatic heterocycles. The number of aryl methyl sites for hydroxylation is 1. The molecule has 0 spiro atoms. The lowest BCUT2D eigenvalue weighted by atomic mass is 9.99. The molecule has 5 rings (SSSR count). The summed E-state index contributed by atoms with van der Waals surface area (Å²) in [5.41, 5.74) is 3.58. The minimum Gasteiger partial charge on any atom is -0.316 e. The first-order valence-electron chi connectivity index (χ1n) is 11.8. The molecule has 1 atom stereocenters. The summed E-state index contributed by atoms with van der Waals surface area (Å²) in [6.45, 7) is 4.98. The lowest BCUT2D eigenvalue weighted by Crippen LogP contribution is -2.37. The van der Waals surface area contributed by atoms with Gasteiger partial charge in [0.05, 0.1) is 17.8 Å². The van der Waals surface area contributed by atoms with Crippen LogP contribution in [0.25, 0.3) is 21.9 Å². The highest BCUT2D eigenvalue weighted by Gasteiger charge is 2.21. The van der Waals surface area contributed by atoms with E-state index in [1.807, 2.05) is 30.2 Å². The molecule has 7 heteroatoms. The Hall–Kier alpha value is -2.77. The van der Waals surface area contributed by atoms with Crippen molar-refractivity contribution in [3.05, 3.63) is 42.4 Å². The second-order valence-electron chi connectivity index (χ2n) is 9.13. The first-order chi connectivity index (χ1) is 15.7. The average molecular weight is 433 g/mol. The number of rotatable bonds is 5. The zero-order valence-corrected chi connectivity index (χ0v) is 18.8. The summed E-state index contributed by atoms with van der Waals surface area (Å²) in [7, 11) is 2.03. The summed E-state index contributed by atoms with van der Waals surface area (Å²) in [5, 5.41) is 13.0. The number of aromatic nitrogens is 3. The molecular weight excluding hydrogens is 400 g/mol. The first-order valence-corrected chi connectivity index (χ1v) is 11.8. The number of benzene rings is 1. The van der Waals surface area contributed by atoms with Crippen LogP contribution in [0.3, 0.4) is 0 Å². The number of carbonyl (C=O) groups excluding carboxylic acids is 1. The van der Waals surface area contributed by atoms with Gasteiger partial charge in [-0.15, -0.1) is 0 Å². The third-order valence-electron chi connectivity index (χ3n) is 6.84. The maximum Gasteiger partial charge on any atom is 0.229 e. The molecule has 2 aliphatic heterocycles. The fraction of sp³-hybridized carbons (Fsp3) is 0.480. The second-order valence-corrected chi connectivity index (χ2v) is 9.13. The van der Waals surface area contributed by atoms with Crippen molar-refractivity contribution in [1.29, 1.82) is 0 Å². The fourth-order valence-electron chi connectivity index (χ4n) is 4.90. The molecular formula is C25H32N6O. The normalized spacial score (nSPS) is 19.8. The van der Waals surface area contributed by atoms with E-state index in [1.165, 1.54) is 30.5 Å². The molecule has 0 aliphatic carbocycles. The van der Waals surface area contributed by atoms with Gasteiger partial charge in [-0.2, -0.15) is 5.10 Å². The molecule has 2 saturated heterocycles. The fourth-order valence-corrected chi connectivity index (χ4v) is 4.90. The van der Waals surface area contributed by atoms with Gasteiger partial charge in [0, 0.05) is 37.3 Å². The van der Waals surface area contributed by atoms with Crippen molar-refractivity contribution in [2.45, 2.75) is 38.6 Å². The Labute approximate surface area is 189 Å². The van der Waals surface area contributed by atoms with Gasteiger partial charge < -0.3 is 10.6 Å². The predicted molar refractivity (Wildman–Crippen MR) is 127 cm³/mol. The summed E-state index contributed by atoms with van der Waals surface area (Å²) < 4.78 is 2.00. The van der Waals surface area contributed by atoms with Crippen molar-refractivity contribution in [2.24, 2.45) is 13.0 Å². The number of hydrogen-bond acceptors (Lipinski definition) is 5. The SMILES string of the molecule is Cn1ncc(-c2ccc3cnc(NC(=O)C4CCCNC4)cc3c2)c1CN1CCCCC1. The summed E-state index contributed by atoms with van der Waals surface area (Å²) in [4.78, 5) is 19.6.